The molecule has 1 aliphatic rings. The van der Waals surface area contributed by atoms with Crippen LogP contribution in [0.25, 0.3) is 11.3 Å². The van der Waals surface area contributed by atoms with Crippen molar-refractivity contribution in [1.82, 2.24) is 9.80 Å². The van der Waals surface area contributed by atoms with Crippen LogP contribution in [0.4, 0.5) is 22.7 Å². The van der Waals surface area contributed by atoms with Crippen LogP contribution >= 0.6 is 0 Å². The van der Waals surface area contributed by atoms with Crippen LogP contribution in [0.15, 0.2) is 72.8 Å². The standard InChI is InChI=1S/C30H34N6O6S/c1-5-43(41,42)35(20-27(37)34(4)18-17-33(2)3)23-13-11-22(12-14-23)31-29(21-9-7-6-8-10-21)28-25-19-24(36(39)40)15-16-26(25)32-30(28)38/h6-16,19,31H,5,17-18,20H2,1-4H3,(H,32,38)/b29-28-. The quantitative estimate of drug-likeness (QED) is 0.180. The summed E-state index contributed by atoms with van der Waals surface area (Å²) >= 11 is 0. The van der Waals surface area contributed by atoms with Gasteiger partial charge in [-0.2, -0.15) is 0 Å². The van der Waals surface area contributed by atoms with Crippen LogP contribution in [-0.4, -0.2) is 81.5 Å². The summed E-state index contributed by atoms with van der Waals surface area (Å²) in [7, 11) is 1.64. The molecule has 2 N–H and O–H groups in total. The number of nitro benzene ring substituents is 1. The molecule has 1 aliphatic heterocycles. The first-order valence-corrected chi connectivity index (χ1v) is 15.2. The highest BCUT2D eigenvalue weighted by atomic mass is 32.2. The molecule has 4 rings (SSSR count). The highest BCUT2D eigenvalue weighted by Gasteiger charge is 2.30. The SMILES string of the molecule is CCS(=O)(=O)N(CC(=O)N(C)CCN(C)C)c1ccc(N/C(=C2\C(=O)Nc3ccc([N+](=O)[O-])cc32)c2ccccc2)cc1. The molecule has 0 spiro atoms. The zero-order chi connectivity index (χ0) is 31.3. The first-order chi connectivity index (χ1) is 20.4. The van der Waals surface area contributed by atoms with Crippen molar-refractivity contribution < 1.29 is 22.9 Å². The number of hydrogen-bond acceptors (Lipinski definition) is 8. The Balaban J connectivity index is 1.69. The molecule has 0 saturated heterocycles. The molecule has 0 bridgehead atoms. The van der Waals surface area contributed by atoms with Gasteiger partial charge < -0.3 is 20.4 Å². The molecule has 0 radical (unpaired) electrons. The fourth-order valence-corrected chi connectivity index (χ4v) is 5.54. The van der Waals surface area contributed by atoms with Crippen molar-refractivity contribution in [3.63, 3.8) is 0 Å². The molecule has 0 aromatic heterocycles. The number of benzene rings is 3. The van der Waals surface area contributed by atoms with E-state index < -0.39 is 20.9 Å². The van der Waals surface area contributed by atoms with E-state index in [1.54, 1.807) is 43.4 Å². The second-order valence-corrected chi connectivity index (χ2v) is 12.4. The Kier molecular flexibility index (Phi) is 9.46. The molecule has 0 fully saturated rings. The van der Waals surface area contributed by atoms with Gasteiger partial charge in [0.25, 0.3) is 11.6 Å². The predicted octanol–water partition coefficient (Wildman–Crippen LogP) is 3.70. The minimum Gasteiger partial charge on any atom is -0.354 e. The van der Waals surface area contributed by atoms with E-state index >= 15 is 0 Å². The van der Waals surface area contributed by atoms with Crippen LogP contribution in [0.3, 0.4) is 0 Å². The first-order valence-electron chi connectivity index (χ1n) is 13.6. The van der Waals surface area contributed by atoms with Gasteiger partial charge in [0.05, 0.1) is 27.6 Å². The number of nitrogens with zero attached hydrogens (tertiary/aromatic N) is 4. The number of nitrogens with one attached hydrogen (secondary N) is 2. The molecule has 0 saturated carbocycles. The number of carbonyl (C=O) groups excluding carboxylic acids is 2. The average molecular weight is 607 g/mol. The third kappa shape index (κ3) is 7.19. The van der Waals surface area contributed by atoms with E-state index in [0.717, 1.165) is 4.31 Å². The molecule has 1 heterocycles. The summed E-state index contributed by atoms with van der Waals surface area (Å²) in [5, 5.41) is 17.5. The van der Waals surface area contributed by atoms with E-state index in [2.05, 4.69) is 10.6 Å². The van der Waals surface area contributed by atoms with Crippen molar-refractivity contribution in [1.29, 1.82) is 0 Å². The lowest BCUT2D eigenvalue weighted by Crippen LogP contribution is -2.43. The Labute approximate surface area is 250 Å². The summed E-state index contributed by atoms with van der Waals surface area (Å²) in [5.74, 6) is -0.945. The smallest absolute Gasteiger partial charge is 0.270 e. The second kappa shape index (κ2) is 13.0. The normalized spacial score (nSPS) is 13.7. The second-order valence-electron chi connectivity index (χ2n) is 10.3. The van der Waals surface area contributed by atoms with Gasteiger partial charge in [0.2, 0.25) is 15.9 Å². The summed E-state index contributed by atoms with van der Waals surface area (Å²) in [6.07, 6.45) is 0. The van der Waals surface area contributed by atoms with Gasteiger partial charge in [-0.25, -0.2) is 8.42 Å². The van der Waals surface area contributed by atoms with Gasteiger partial charge in [-0.1, -0.05) is 30.3 Å². The Bertz CT molecular complexity index is 1660. The molecule has 226 valence electrons. The molecular formula is C30H34N6O6S. The van der Waals surface area contributed by atoms with E-state index in [-0.39, 0.29) is 29.5 Å². The van der Waals surface area contributed by atoms with Gasteiger partial charge in [-0.3, -0.25) is 24.0 Å². The molecule has 2 amide bonds. The van der Waals surface area contributed by atoms with E-state index in [0.29, 0.717) is 47.0 Å². The van der Waals surface area contributed by atoms with Crippen LogP contribution in [0.5, 0.6) is 0 Å². The van der Waals surface area contributed by atoms with Crippen molar-refractivity contribution in [2.75, 3.05) is 61.5 Å². The zero-order valence-corrected chi connectivity index (χ0v) is 25.2. The van der Waals surface area contributed by atoms with E-state index in [4.69, 9.17) is 0 Å². The lowest BCUT2D eigenvalue weighted by Gasteiger charge is -2.27. The van der Waals surface area contributed by atoms with E-state index in [1.165, 1.54) is 30.0 Å². The molecule has 0 atom stereocenters. The van der Waals surface area contributed by atoms with Crippen LogP contribution in [-0.2, 0) is 19.6 Å². The number of rotatable bonds is 12. The number of anilines is 3. The lowest BCUT2D eigenvalue weighted by atomic mass is 9.99. The number of non-ortho nitro benzene ring substituents is 1. The number of nitro groups is 1. The maximum atomic E-state index is 13.2. The van der Waals surface area contributed by atoms with Crippen LogP contribution in [0, 0.1) is 10.1 Å². The number of fused-ring (bicyclic) bond motifs is 1. The van der Waals surface area contributed by atoms with Gasteiger partial charge in [-0.05, 0) is 56.9 Å². The third-order valence-corrected chi connectivity index (χ3v) is 8.72. The molecule has 3 aromatic carbocycles. The van der Waals surface area contributed by atoms with E-state index in [1.807, 2.05) is 37.2 Å². The molecule has 0 aliphatic carbocycles. The Hall–Kier alpha value is -4.75. The molecule has 3 aromatic rings. The molecule has 0 unspecified atom stereocenters. The minimum atomic E-state index is -3.78. The highest BCUT2D eigenvalue weighted by Crippen LogP contribution is 2.39. The van der Waals surface area contributed by atoms with Gasteiger partial charge in [0.1, 0.15) is 6.54 Å². The van der Waals surface area contributed by atoms with Gasteiger partial charge in [-0.15, -0.1) is 0 Å². The number of likely N-dealkylation sites (N-methyl/N-ethyl adjacent to an activating group) is 2. The van der Waals surface area contributed by atoms with E-state index in [9.17, 15) is 28.1 Å². The Morgan fingerprint density at radius 1 is 0.977 bits per heavy atom. The van der Waals surface area contributed by atoms with Crippen LogP contribution in [0.2, 0.25) is 0 Å². The predicted molar refractivity (Wildman–Crippen MR) is 168 cm³/mol. The van der Waals surface area contributed by atoms with Crippen LogP contribution in [0.1, 0.15) is 18.1 Å². The maximum absolute atomic E-state index is 13.2. The monoisotopic (exact) mass is 606 g/mol. The molecule has 43 heavy (non-hydrogen) atoms. The zero-order valence-electron chi connectivity index (χ0n) is 24.4. The van der Waals surface area contributed by atoms with Gasteiger partial charge in [0, 0.05) is 49.2 Å². The van der Waals surface area contributed by atoms with Crippen LogP contribution < -0.4 is 14.9 Å². The van der Waals surface area contributed by atoms with Crippen molar-refractivity contribution in [2.24, 2.45) is 0 Å². The fraction of sp³-hybridized carbons (Fsp3) is 0.267. The summed E-state index contributed by atoms with van der Waals surface area (Å²) in [6, 6.07) is 19.7. The first kappa shape index (κ1) is 31.2. The number of amides is 2. The Morgan fingerprint density at radius 2 is 1.65 bits per heavy atom. The summed E-state index contributed by atoms with van der Waals surface area (Å²) < 4.78 is 27.1. The highest BCUT2D eigenvalue weighted by molar-refractivity contribution is 7.92. The average Bonchev–Trinajstić information content (AvgIpc) is 3.32. The third-order valence-electron chi connectivity index (χ3n) is 6.98. The number of hydrogen-bond donors (Lipinski definition) is 2. The van der Waals surface area contributed by atoms with Crippen molar-refractivity contribution in [3.05, 3.63) is 94.0 Å². The molecule has 13 heteroatoms. The fourth-order valence-electron chi connectivity index (χ4n) is 4.48. The van der Waals surface area contributed by atoms with Gasteiger partial charge >= 0.3 is 0 Å². The summed E-state index contributed by atoms with van der Waals surface area (Å²) in [5.41, 5.74) is 2.86. The van der Waals surface area contributed by atoms with Gasteiger partial charge in [0.15, 0.2) is 0 Å². The van der Waals surface area contributed by atoms with Crippen molar-refractivity contribution in [3.8, 4) is 0 Å². The molecule has 12 nitrogen and oxygen atoms in total. The number of sulfonamides is 1. The van der Waals surface area contributed by atoms with Crippen molar-refractivity contribution in [2.45, 2.75) is 6.92 Å². The maximum Gasteiger partial charge on any atom is 0.270 e. The summed E-state index contributed by atoms with van der Waals surface area (Å²) in [6.45, 7) is 2.26. The Morgan fingerprint density at radius 3 is 2.26 bits per heavy atom. The lowest BCUT2D eigenvalue weighted by molar-refractivity contribution is -0.384. The topological polar surface area (TPSA) is 145 Å². The summed E-state index contributed by atoms with van der Waals surface area (Å²) in [4.78, 5) is 40.5. The van der Waals surface area contributed by atoms with Crippen molar-refractivity contribution >= 4 is 55.9 Å². The minimum absolute atomic E-state index is 0.149. The number of carbonyl (C=O) groups is 2. The largest absolute Gasteiger partial charge is 0.354 e. The molecular weight excluding hydrogens is 572 g/mol.